The van der Waals surface area contributed by atoms with Gasteiger partial charge in [-0.25, -0.2) is 0 Å². The van der Waals surface area contributed by atoms with Crippen LogP contribution in [0.4, 0.5) is 0 Å². The Morgan fingerprint density at radius 2 is 1.85 bits per heavy atom. The molecule has 0 radical (unpaired) electrons. The minimum absolute atomic E-state index is 0.110. The molecule has 0 bridgehead atoms. The maximum absolute atomic E-state index is 6.04. The molecule has 0 saturated heterocycles. The predicted octanol–water partition coefficient (Wildman–Crippen LogP) is 4.75. The van der Waals surface area contributed by atoms with E-state index in [2.05, 4.69) is 48.0 Å². The highest BCUT2D eigenvalue weighted by Gasteiger charge is 2.08. The molecule has 2 rings (SSSR count). The van der Waals surface area contributed by atoms with Crippen LogP contribution in [0.5, 0.6) is 11.5 Å². The lowest BCUT2D eigenvalue weighted by Gasteiger charge is -2.14. The zero-order chi connectivity index (χ0) is 14.7. The maximum Gasteiger partial charge on any atom is 0.131 e. The second-order valence-corrected chi connectivity index (χ2v) is 6.20. The van der Waals surface area contributed by atoms with E-state index in [0.29, 0.717) is 0 Å². The van der Waals surface area contributed by atoms with Gasteiger partial charge in [0.05, 0.1) is 0 Å². The Balaban J connectivity index is 2.31. The number of rotatable bonds is 4. The number of hydrogen-bond acceptors (Lipinski definition) is 2. The lowest BCUT2D eigenvalue weighted by atomic mass is 10.1. The highest BCUT2D eigenvalue weighted by Crippen LogP contribution is 2.30. The first-order chi connectivity index (χ1) is 9.45. The van der Waals surface area contributed by atoms with Gasteiger partial charge in [-0.05, 0) is 68.1 Å². The van der Waals surface area contributed by atoms with E-state index in [1.807, 2.05) is 25.1 Å². The van der Waals surface area contributed by atoms with Gasteiger partial charge in [-0.2, -0.15) is 0 Å². The van der Waals surface area contributed by atoms with Gasteiger partial charge in [0.1, 0.15) is 11.5 Å². The van der Waals surface area contributed by atoms with Crippen molar-refractivity contribution in [3.63, 3.8) is 0 Å². The Morgan fingerprint density at radius 3 is 2.50 bits per heavy atom. The van der Waals surface area contributed by atoms with Gasteiger partial charge < -0.3 is 10.5 Å². The van der Waals surface area contributed by atoms with Crippen LogP contribution in [-0.2, 0) is 6.42 Å². The van der Waals surface area contributed by atoms with Gasteiger partial charge in [-0.3, -0.25) is 0 Å². The molecule has 0 saturated carbocycles. The number of aryl methyl sites for hydroxylation is 2. The summed E-state index contributed by atoms with van der Waals surface area (Å²) >= 11 is 3.49. The summed E-state index contributed by atoms with van der Waals surface area (Å²) in [7, 11) is 0. The fraction of sp³-hybridized carbons (Fsp3) is 0.294. The molecular formula is C17H20BrNO. The largest absolute Gasteiger partial charge is 0.457 e. The number of hydrogen-bond donors (Lipinski definition) is 1. The zero-order valence-corrected chi connectivity index (χ0v) is 13.7. The van der Waals surface area contributed by atoms with Crippen molar-refractivity contribution in [1.29, 1.82) is 0 Å². The summed E-state index contributed by atoms with van der Waals surface area (Å²) in [5.74, 6) is 1.72. The SMILES string of the molecule is Cc1ccc(Oc2cc(Br)ccc2CC(C)N)cc1C. The van der Waals surface area contributed by atoms with Gasteiger partial charge in [-0.15, -0.1) is 0 Å². The van der Waals surface area contributed by atoms with E-state index in [-0.39, 0.29) is 6.04 Å². The topological polar surface area (TPSA) is 35.2 Å². The van der Waals surface area contributed by atoms with Crippen LogP contribution in [0.25, 0.3) is 0 Å². The second-order valence-electron chi connectivity index (χ2n) is 5.28. The third-order valence-corrected chi connectivity index (χ3v) is 3.77. The molecule has 0 spiro atoms. The number of benzene rings is 2. The molecule has 1 unspecified atom stereocenters. The van der Waals surface area contributed by atoms with Gasteiger partial charge in [0, 0.05) is 10.5 Å². The van der Waals surface area contributed by atoms with Crippen molar-refractivity contribution in [2.45, 2.75) is 33.2 Å². The second kappa shape index (κ2) is 6.42. The van der Waals surface area contributed by atoms with Crippen molar-refractivity contribution >= 4 is 15.9 Å². The summed E-state index contributed by atoms with van der Waals surface area (Å²) in [6.45, 7) is 6.19. The number of ether oxygens (including phenoxy) is 1. The van der Waals surface area contributed by atoms with E-state index >= 15 is 0 Å². The minimum atomic E-state index is 0.110. The summed E-state index contributed by atoms with van der Waals surface area (Å²) in [5.41, 5.74) is 9.52. The van der Waals surface area contributed by atoms with Crippen molar-refractivity contribution in [3.8, 4) is 11.5 Å². The normalized spacial score (nSPS) is 12.2. The molecule has 0 aromatic heterocycles. The first-order valence-electron chi connectivity index (χ1n) is 6.75. The van der Waals surface area contributed by atoms with Crippen molar-refractivity contribution in [3.05, 3.63) is 57.6 Å². The third-order valence-electron chi connectivity index (χ3n) is 3.28. The molecule has 0 fully saturated rings. The summed E-state index contributed by atoms with van der Waals surface area (Å²) in [6, 6.07) is 12.3. The number of halogens is 1. The summed E-state index contributed by atoms with van der Waals surface area (Å²) in [5, 5.41) is 0. The summed E-state index contributed by atoms with van der Waals surface area (Å²) < 4.78 is 7.05. The van der Waals surface area contributed by atoms with Crippen molar-refractivity contribution < 1.29 is 4.74 Å². The first-order valence-corrected chi connectivity index (χ1v) is 7.54. The lowest BCUT2D eigenvalue weighted by Crippen LogP contribution is -2.18. The van der Waals surface area contributed by atoms with E-state index in [1.165, 1.54) is 11.1 Å². The van der Waals surface area contributed by atoms with E-state index in [0.717, 1.165) is 28.0 Å². The van der Waals surface area contributed by atoms with Gasteiger partial charge in [-0.1, -0.05) is 28.1 Å². The van der Waals surface area contributed by atoms with Crippen molar-refractivity contribution in [1.82, 2.24) is 0 Å². The Labute approximate surface area is 129 Å². The van der Waals surface area contributed by atoms with Gasteiger partial charge in [0.25, 0.3) is 0 Å². The molecule has 1 atom stereocenters. The minimum Gasteiger partial charge on any atom is -0.457 e. The van der Waals surface area contributed by atoms with Crippen LogP contribution in [0.3, 0.4) is 0 Å². The molecule has 0 aliphatic rings. The molecule has 2 aromatic carbocycles. The van der Waals surface area contributed by atoms with Crippen LogP contribution < -0.4 is 10.5 Å². The van der Waals surface area contributed by atoms with Crippen molar-refractivity contribution in [2.75, 3.05) is 0 Å². The smallest absolute Gasteiger partial charge is 0.131 e. The van der Waals surface area contributed by atoms with Gasteiger partial charge in [0.15, 0.2) is 0 Å². The van der Waals surface area contributed by atoms with Gasteiger partial charge >= 0.3 is 0 Å². The molecule has 2 N–H and O–H groups in total. The molecule has 0 heterocycles. The van der Waals surface area contributed by atoms with Crippen LogP contribution in [0.1, 0.15) is 23.6 Å². The number of nitrogens with two attached hydrogens (primary N) is 1. The monoisotopic (exact) mass is 333 g/mol. The third kappa shape index (κ3) is 3.84. The summed E-state index contributed by atoms with van der Waals surface area (Å²) in [6.07, 6.45) is 0.799. The fourth-order valence-electron chi connectivity index (χ4n) is 2.04. The van der Waals surface area contributed by atoms with Crippen LogP contribution >= 0.6 is 15.9 Å². The van der Waals surface area contributed by atoms with E-state index in [9.17, 15) is 0 Å². The van der Waals surface area contributed by atoms with Gasteiger partial charge in [0.2, 0.25) is 0 Å². The van der Waals surface area contributed by atoms with E-state index < -0.39 is 0 Å². The quantitative estimate of drug-likeness (QED) is 0.876. The molecule has 0 amide bonds. The molecule has 2 aromatic rings. The highest BCUT2D eigenvalue weighted by atomic mass is 79.9. The molecule has 0 aliphatic heterocycles. The van der Waals surface area contributed by atoms with Crippen LogP contribution in [0.15, 0.2) is 40.9 Å². The average molecular weight is 334 g/mol. The van der Waals surface area contributed by atoms with Crippen LogP contribution in [-0.4, -0.2) is 6.04 Å². The molecule has 3 heteroatoms. The summed E-state index contributed by atoms with van der Waals surface area (Å²) in [4.78, 5) is 0. The Bertz CT molecular complexity index is 608. The maximum atomic E-state index is 6.04. The van der Waals surface area contributed by atoms with E-state index in [4.69, 9.17) is 10.5 Å². The fourth-order valence-corrected chi connectivity index (χ4v) is 2.38. The molecule has 20 heavy (non-hydrogen) atoms. The standard InChI is InChI=1S/C17H20BrNO/c1-11-4-7-16(8-12(11)2)20-17-10-15(18)6-5-14(17)9-13(3)19/h4-8,10,13H,9,19H2,1-3H3. The predicted molar refractivity (Wildman–Crippen MR) is 87.5 cm³/mol. The Hall–Kier alpha value is -1.32. The Morgan fingerprint density at radius 1 is 1.10 bits per heavy atom. The van der Waals surface area contributed by atoms with Crippen molar-refractivity contribution in [2.24, 2.45) is 5.73 Å². The lowest BCUT2D eigenvalue weighted by molar-refractivity contribution is 0.473. The molecular weight excluding hydrogens is 314 g/mol. The molecule has 2 nitrogen and oxygen atoms in total. The first kappa shape index (κ1) is 15.1. The van der Waals surface area contributed by atoms with E-state index in [1.54, 1.807) is 0 Å². The molecule has 106 valence electrons. The van der Waals surface area contributed by atoms with Crippen LogP contribution in [0, 0.1) is 13.8 Å². The molecule has 0 aliphatic carbocycles. The Kier molecular flexibility index (Phi) is 4.84. The highest BCUT2D eigenvalue weighted by molar-refractivity contribution is 9.10. The average Bonchev–Trinajstić information content (AvgIpc) is 2.37. The zero-order valence-electron chi connectivity index (χ0n) is 12.1. The van der Waals surface area contributed by atoms with Crippen LogP contribution in [0.2, 0.25) is 0 Å².